The number of nitrogens with one attached hydrogen (secondary N) is 2. The molecular weight excluding hydrogens is 500 g/mol. The molecule has 1 fully saturated rings. The largest absolute Gasteiger partial charge is 0.455 e. The molecule has 0 unspecified atom stereocenters. The number of nitrogens with zero attached hydrogens (tertiary/aromatic N) is 2. The Kier molecular flexibility index (Phi) is 6.80. The first-order valence-corrected chi connectivity index (χ1v) is 13.8. The van der Waals surface area contributed by atoms with Crippen LogP contribution in [-0.4, -0.2) is 42.5 Å². The van der Waals surface area contributed by atoms with E-state index >= 15 is 0 Å². The summed E-state index contributed by atoms with van der Waals surface area (Å²) in [7, 11) is -3.72. The van der Waals surface area contributed by atoms with Crippen LogP contribution in [-0.2, 0) is 34.5 Å². The molecule has 36 heavy (non-hydrogen) atoms. The Labute approximate surface area is 213 Å². The van der Waals surface area contributed by atoms with E-state index in [0.717, 1.165) is 29.3 Å². The van der Waals surface area contributed by atoms with Crippen molar-refractivity contribution in [2.45, 2.75) is 37.4 Å². The fourth-order valence-corrected chi connectivity index (χ4v) is 6.90. The number of carbonyl (C=O) groups excluding carboxylic acids is 2. The molecule has 2 N–H and O–H groups in total. The second-order valence-electron chi connectivity index (χ2n) is 8.75. The Morgan fingerprint density at radius 1 is 1.06 bits per heavy atom. The number of anilines is 2. The molecule has 1 aromatic carbocycles. The predicted octanol–water partition coefficient (Wildman–Crippen LogP) is 4.02. The van der Waals surface area contributed by atoms with Crippen molar-refractivity contribution in [3.63, 3.8) is 0 Å². The van der Waals surface area contributed by atoms with E-state index in [4.69, 9.17) is 4.42 Å². The van der Waals surface area contributed by atoms with E-state index in [9.17, 15) is 18.0 Å². The molecule has 0 bridgehead atoms. The summed E-state index contributed by atoms with van der Waals surface area (Å²) in [5.41, 5.74) is 1.34. The Bertz CT molecular complexity index is 1380. The Morgan fingerprint density at radius 2 is 1.81 bits per heavy atom. The van der Waals surface area contributed by atoms with Crippen LogP contribution in [0.3, 0.4) is 0 Å². The van der Waals surface area contributed by atoms with Crippen LogP contribution < -0.4 is 10.6 Å². The topological polar surface area (TPSA) is 112 Å². The quantitative estimate of drug-likeness (QED) is 0.429. The van der Waals surface area contributed by atoms with Crippen LogP contribution in [0.4, 0.5) is 10.7 Å². The Hall–Kier alpha value is -3.25. The molecule has 0 saturated carbocycles. The molecule has 4 heterocycles. The summed E-state index contributed by atoms with van der Waals surface area (Å²) >= 11 is 1.35. The fraction of sp³-hybridized carbons (Fsp3) is 0.280. The van der Waals surface area contributed by atoms with Crippen LogP contribution in [0.5, 0.6) is 0 Å². The van der Waals surface area contributed by atoms with Crippen LogP contribution in [0.1, 0.15) is 39.6 Å². The minimum Gasteiger partial charge on any atom is -0.455 e. The van der Waals surface area contributed by atoms with Crippen molar-refractivity contribution in [1.82, 2.24) is 9.21 Å². The van der Waals surface area contributed by atoms with E-state index in [1.54, 1.807) is 24.3 Å². The lowest BCUT2D eigenvalue weighted by molar-refractivity contribution is -0.111. The number of thiophene rings is 1. The van der Waals surface area contributed by atoms with Gasteiger partial charge in [0.25, 0.3) is 5.91 Å². The van der Waals surface area contributed by atoms with Crippen LogP contribution in [0.2, 0.25) is 0 Å². The van der Waals surface area contributed by atoms with Crippen LogP contribution in [0.25, 0.3) is 0 Å². The first-order valence-electron chi connectivity index (χ1n) is 11.6. The smallest absolute Gasteiger partial charge is 0.291 e. The van der Waals surface area contributed by atoms with Crippen molar-refractivity contribution < 1.29 is 22.4 Å². The first kappa shape index (κ1) is 24.4. The molecule has 1 saturated heterocycles. The molecule has 2 aliphatic rings. The summed E-state index contributed by atoms with van der Waals surface area (Å²) in [5, 5.41) is 6.13. The second kappa shape index (κ2) is 10.0. The summed E-state index contributed by atoms with van der Waals surface area (Å²) in [6, 6.07) is 11.3. The average molecular weight is 527 g/mol. The molecule has 188 valence electrons. The number of sulfonamides is 1. The van der Waals surface area contributed by atoms with Gasteiger partial charge in [0.1, 0.15) is 5.76 Å². The maximum atomic E-state index is 13.2. The van der Waals surface area contributed by atoms with Crippen molar-refractivity contribution >= 4 is 43.9 Å². The van der Waals surface area contributed by atoms with Gasteiger partial charge in [0, 0.05) is 23.7 Å². The zero-order chi connectivity index (χ0) is 25.3. The number of carbonyl (C=O) groups is 2. The molecule has 0 atom stereocenters. The van der Waals surface area contributed by atoms with Gasteiger partial charge in [0.15, 0.2) is 5.76 Å². The zero-order valence-corrected chi connectivity index (χ0v) is 21.2. The molecule has 2 aromatic heterocycles. The van der Waals surface area contributed by atoms with Crippen molar-refractivity contribution in [1.29, 1.82) is 0 Å². The van der Waals surface area contributed by atoms with E-state index < -0.39 is 10.0 Å². The molecule has 11 heteroatoms. The van der Waals surface area contributed by atoms with Gasteiger partial charge in [-0.15, -0.1) is 11.3 Å². The second-order valence-corrected chi connectivity index (χ2v) is 11.8. The molecule has 2 amide bonds. The molecule has 0 radical (unpaired) electrons. The highest BCUT2D eigenvalue weighted by atomic mass is 32.2. The Balaban J connectivity index is 1.20. The van der Waals surface area contributed by atoms with E-state index in [2.05, 4.69) is 22.1 Å². The summed E-state index contributed by atoms with van der Waals surface area (Å²) in [5.74, 6) is 0.272. The van der Waals surface area contributed by atoms with E-state index in [0.29, 0.717) is 17.2 Å². The van der Waals surface area contributed by atoms with Gasteiger partial charge >= 0.3 is 0 Å². The lowest BCUT2D eigenvalue weighted by Crippen LogP contribution is -2.25. The van der Waals surface area contributed by atoms with E-state index in [-0.39, 0.29) is 35.6 Å². The standard InChI is InChI=1S/C25H26N4O5S2/c1-2-23(30)27-24-13-17-14-29(16-22(17)35-24)36(32,33)20-8-5-18(6-9-20)26-25(31)21-10-7-19(34-21)15-28-11-3-4-12-28/h2,5-10,13H,1,3-4,11-12,14-16H2,(H,26,31)(H,27,30). The monoisotopic (exact) mass is 526 g/mol. The van der Waals surface area contributed by atoms with Gasteiger partial charge in [0.05, 0.1) is 16.4 Å². The highest BCUT2D eigenvalue weighted by Gasteiger charge is 2.32. The lowest BCUT2D eigenvalue weighted by atomic mass is 10.3. The van der Waals surface area contributed by atoms with Gasteiger partial charge in [-0.3, -0.25) is 14.5 Å². The molecule has 0 aliphatic carbocycles. The Morgan fingerprint density at radius 3 is 2.50 bits per heavy atom. The summed E-state index contributed by atoms with van der Waals surface area (Å²) in [6.07, 6.45) is 3.56. The van der Waals surface area contributed by atoms with Crippen molar-refractivity contribution in [2.75, 3.05) is 23.7 Å². The molecule has 9 nitrogen and oxygen atoms in total. The lowest BCUT2D eigenvalue weighted by Gasteiger charge is -2.16. The van der Waals surface area contributed by atoms with E-state index in [1.807, 2.05) is 6.07 Å². The number of fused-ring (bicyclic) bond motifs is 1. The minimum absolute atomic E-state index is 0.140. The SMILES string of the molecule is C=CC(=O)Nc1cc2c(s1)CN(S(=O)(=O)c1ccc(NC(=O)c3ccc(CN4CCCC4)o3)cc1)C2. The van der Waals surface area contributed by atoms with Gasteiger partial charge in [0.2, 0.25) is 15.9 Å². The maximum absolute atomic E-state index is 13.2. The van der Waals surface area contributed by atoms with Crippen LogP contribution in [0.15, 0.2) is 64.4 Å². The molecule has 0 spiro atoms. The normalized spacial score (nSPS) is 16.1. The predicted molar refractivity (Wildman–Crippen MR) is 137 cm³/mol. The highest BCUT2D eigenvalue weighted by Crippen LogP contribution is 2.37. The van der Waals surface area contributed by atoms with Crippen LogP contribution >= 0.6 is 11.3 Å². The van der Waals surface area contributed by atoms with Crippen molar-refractivity contribution in [3.8, 4) is 0 Å². The van der Waals surface area contributed by atoms with E-state index in [1.165, 1.54) is 46.7 Å². The number of benzene rings is 1. The molecule has 5 rings (SSSR count). The van der Waals surface area contributed by atoms with Gasteiger partial charge in [-0.05, 0) is 80.0 Å². The summed E-state index contributed by atoms with van der Waals surface area (Å²) < 4.78 is 33.4. The summed E-state index contributed by atoms with van der Waals surface area (Å²) in [4.78, 5) is 27.4. The third kappa shape index (κ3) is 5.14. The minimum atomic E-state index is -3.72. The zero-order valence-electron chi connectivity index (χ0n) is 19.5. The highest BCUT2D eigenvalue weighted by molar-refractivity contribution is 7.89. The number of amides is 2. The number of rotatable bonds is 8. The van der Waals surface area contributed by atoms with Gasteiger partial charge in [-0.2, -0.15) is 4.31 Å². The van der Waals surface area contributed by atoms with Gasteiger partial charge in [-0.1, -0.05) is 6.58 Å². The van der Waals surface area contributed by atoms with Crippen molar-refractivity contribution in [2.24, 2.45) is 0 Å². The number of furan rings is 1. The third-order valence-electron chi connectivity index (χ3n) is 6.21. The van der Waals surface area contributed by atoms with Gasteiger partial charge < -0.3 is 15.1 Å². The molecule has 2 aliphatic heterocycles. The van der Waals surface area contributed by atoms with Crippen molar-refractivity contribution in [3.05, 3.63) is 77.1 Å². The molecule has 3 aromatic rings. The fourth-order valence-electron chi connectivity index (χ4n) is 4.34. The number of hydrogen-bond donors (Lipinski definition) is 2. The number of likely N-dealkylation sites (tertiary alicyclic amines) is 1. The first-order chi connectivity index (χ1) is 17.3. The maximum Gasteiger partial charge on any atom is 0.291 e. The summed E-state index contributed by atoms with van der Waals surface area (Å²) in [6.45, 7) is 6.67. The van der Waals surface area contributed by atoms with Gasteiger partial charge in [-0.25, -0.2) is 8.42 Å². The third-order valence-corrected chi connectivity index (χ3v) is 9.09. The van der Waals surface area contributed by atoms with Crippen LogP contribution in [0, 0.1) is 0 Å². The molecular formula is C25H26N4O5S2. The number of hydrogen-bond acceptors (Lipinski definition) is 7. The average Bonchev–Trinajstić information content (AvgIpc) is 3.65.